The summed E-state index contributed by atoms with van der Waals surface area (Å²) in [4.78, 5) is 4.18. The fourth-order valence-corrected chi connectivity index (χ4v) is 1.61. The summed E-state index contributed by atoms with van der Waals surface area (Å²) in [5.74, 6) is 2.11. The molecular weight excluding hydrogens is 240 g/mol. The van der Waals surface area contributed by atoms with Gasteiger partial charge in [-0.2, -0.15) is 0 Å². The molecule has 0 aliphatic heterocycles. The first kappa shape index (κ1) is 13.4. The second kappa shape index (κ2) is 6.75. The van der Waals surface area contributed by atoms with Gasteiger partial charge in [-0.25, -0.2) is 4.98 Å². The van der Waals surface area contributed by atoms with Crippen molar-refractivity contribution in [2.45, 2.75) is 19.9 Å². The minimum atomic E-state index is 0.404. The molecule has 0 bridgehead atoms. The minimum Gasteiger partial charge on any atom is -0.494 e. The van der Waals surface area contributed by atoms with Gasteiger partial charge in [0.15, 0.2) is 0 Å². The molecule has 4 heteroatoms. The Balaban J connectivity index is 2.06. The Kier molecular flexibility index (Phi) is 4.75. The zero-order chi connectivity index (χ0) is 13.5. The van der Waals surface area contributed by atoms with Gasteiger partial charge in [0.2, 0.25) is 5.88 Å². The maximum absolute atomic E-state index is 5.71. The van der Waals surface area contributed by atoms with E-state index in [-0.39, 0.29) is 0 Å². The van der Waals surface area contributed by atoms with E-state index in [4.69, 9.17) is 15.2 Å². The number of benzene rings is 1. The normalized spacial score (nSPS) is 10.2. The summed E-state index contributed by atoms with van der Waals surface area (Å²) < 4.78 is 11.2. The summed E-state index contributed by atoms with van der Waals surface area (Å²) in [6.45, 7) is 3.20. The molecule has 1 aromatic carbocycles. The van der Waals surface area contributed by atoms with E-state index in [1.165, 1.54) is 0 Å². The summed E-state index contributed by atoms with van der Waals surface area (Å²) in [7, 11) is 0. The largest absolute Gasteiger partial charge is 0.494 e. The highest BCUT2D eigenvalue weighted by molar-refractivity contribution is 5.35. The second-order valence-electron chi connectivity index (χ2n) is 4.09. The third-order valence-corrected chi connectivity index (χ3v) is 2.58. The van der Waals surface area contributed by atoms with Gasteiger partial charge < -0.3 is 15.2 Å². The van der Waals surface area contributed by atoms with Gasteiger partial charge in [0, 0.05) is 18.3 Å². The molecule has 0 saturated carbocycles. The number of hydrogen-bond acceptors (Lipinski definition) is 4. The Bertz CT molecular complexity index is 512. The third-order valence-electron chi connectivity index (χ3n) is 2.58. The van der Waals surface area contributed by atoms with Gasteiger partial charge in [-0.1, -0.05) is 13.0 Å². The van der Waals surface area contributed by atoms with Gasteiger partial charge in [0.1, 0.15) is 11.5 Å². The molecule has 0 amide bonds. The molecule has 0 radical (unpaired) electrons. The Morgan fingerprint density at radius 3 is 2.53 bits per heavy atom. The molecule has 0 aliphatic carbocycles. The summed E-state index contributed by atoms with van der Waals surface area (Å²) >= 11 is 0. The number of hydrogen-bond donors (Lipinski definition) is 1. The zero-order valence-electron chi connectivity index (χ0n) is 11.0. The van der Waals surface area contributed by atoms with Crippen molar-refractivity contribution in [3.05, 3.63) is 48.2 Å². The van der Waals surface area contributed by atoms with E-state index >= 15 is 0 Å². The lowest BCUT2D eigenvalue weighted by molar-refractivity contribution is 0.317. The van der Waals surface area contributed by atoms with Gasteiger partial charge in [0.05, 0.1) is 6.61 Å². The summed E-state index contributed by atoms with van der Waals surface area (Å²) in [5.41, 5.74) is 6.53. The highest BCUT2D eigenvalue weighted by Gasteiger charge is 2.04. The number of nitrogens with two attached hydrogens (primary N) is 1. The van der Waals surface area contributed by atoms with Crippen LogP contribution in [-0.2, 0) is 6.54 Å². The molecule has 0 aliphatic rings. The fraction of sp³-hybridized carbons (Fsp3) is 0.267. The number of ether oxygens (including phenoxy) is 2. The summed E-state index contributed by atoms with van der Waals surface area (Å²) in [5, 5.41) is 0. The third kappa shape index (κ3) is 3.69. The van der Waals surface area contributed by atoms with Crippen molar-refractivity contribution in [3.63, 3.8) is 0 Å². The standard InChI is InChI=1S/C15H18N2O2/c1-2-10-18-13-5-7-14(8-6-13)19-15-12(11-16)4-3-9-17-15/h3-9H,2,10-11,16H2,1H3. The van der Waals surface area contributed by atoms with Gasteiger partial charge >= 0.3 is 0 Å². The van der Waals surface area contributed by atoms with Crippen molar-refractivity contribution in [2.24, 2.45) is 5.73 Å². The molecule has 1 aromatic heterocycles. The van der Waals surface area contributed by atoms with Crippen LogP contribution in [0, 0.1) is 0 Å². The van der Waals surface area contributed by atoms with Gasteiger partial charge in [0.25, 0.3) is 0 Å². The van der Waals surface area contributed by atoms with Gasteiger partial charge in [-0.15, -0.1) is 0 Å². The van der Waals surface area contributed by atoms with E-state index < -0.39 is 0 Å². The van der Waals surface area contributed by atoms with E-state index in [2.05, 4.69) is 11.9 Å². The maximum Gasteiger partial charge on any atom is 0.223 e. The smallest absolute Gasteiger partial charge is 0.223 e. The molecule has 2 N–H and O–H groups in total. The van der Waals surface area contributed by atoms with Crippen molar-refractivity contribution in [1.82, 2.24) is 4.98 Å². The molecule has 2 aromatic rings. The van der Waals surface area contributed by atoms with Crippen LogP contribution in [0.1, 0.15) is 18.9 Å². The average Bonchev–Trinajstić information content (AvgIpc) is 2.47. The van der Waals surface area contributed by atoms with Crippen molar-refractivity contribution in [3.8, 4) is 17.4 Å². The van der Waals surface area contributed by atoms with E-state index in [1.54, 1.807) is 6.20 Å². The van der Waals surface area contributed by atoms with E-state index in [1.807, 2.05) is 36.4 Å². The van der Waals surface area contributed by atoms with E-state index in [9.17, 15) is 0 Å². The van der Waals surface area contributed by atoms with E-state index in [0.717, 1.165) is 30.1 Å². The molecule has 4 nitrogen and oxygen atoms in total. The van der Waals surface area contributed by atoms with Crippen molar-refractivity contribution in [1.29, 1.82) is 0 Å². The SMILES string of the molecule is CCCOc1ccc(Oc2ncccc2CN)cc1. The Labute approximate surface area is 113 Å². The van der Waals surface area contributed by atoms with Crippen molar-refractivity contribution >= 4 is 0 Å². The Morgan fingerprint density at radius 2 is 1.84 bits per heavy atom. The van der Waals surface area contributed by atoms with Crippen molar-refractivity contribution < 1.29 is 9.47 Å². The molecule has 0 spiro atoms. The fourth-order valence-electron chi connectivity index (χ4n) is 1.61. The van der Waals surface area contributed by atoms with Crippen LogP contribution in [0.3, 0.4) is 0 Å². The monoisotopic (exact) mass is 258 g/mol. The number of nitrogens with zero attached hydrogens (tertiary/aromatic N) is 1. The molecule has 0 saturated heterocycles. The zero-order valence-corrected chi connectivity index (χ0v) is 11.0. The molecule has 1 heterocycles. The van der Waals surface area contributed by atoms with E-state index in [0.29, 0.717) is 12.4 Å². The van der Waals surface area contributed by atoms with Gasteiger partial charge in [-0.05, 0) is 36.8 Å². The van der Waals surface area contributed by atoms with Gasteiger partial charge in [-0.3, -0.25) is 0 Å². The number of pyridine rings is 1. The molecular formula is C15H18N2O2. The Hall–Kier alpha value is -2.07. The van der Waals surface area contributed by atoms with Crippen LogP contribution in [0.4, 0.5) is 0 Å². The lowest BCUT2D eigenvalue weighted by Gasteiger charge is -2.09. The maximum atomic E-state index is 5.71. The lowest BCUT2D eigenvalue weighted by atomic mass is 10.2. The first-order valence-corrected chi connectivity index (χ1v) is 6.38. The van der Waals surface area contributed by atoms with Crippen LogP contribution >= 0.6 is 0 Å². The Morgan fingerprint density at radius 1 is 1.11 bits per heavy atom. The predicted molar refractivity (Wildman–Crippen MR) is 74.4 cm³/mol. The molecule has 0 unspecified atom stereocenters. The number of aromatic nitrogens is 1. The van der Waals surface area contributed by atoms with Crippen LogP contribution < -0.4 is 15.2 Å². The molecule has 0 atom stereocenters. The topological polar surface area (TPSA) is 57.4 Å². The highest BCUT2D eigenvalue weighted by Crippen LogP contribution is 2.24. The van der Waals surface area contributed by atoms with Crippen molar-refractivity contribution in [2.75, 3.05) is 6.61 Å². The lowest BCUT2D eigenvalue weighted by Crippen LogP contribution is -2.00. The molecule has 19 heavy (non-hydrogen) atoms. The number of rotatable bonds is 6. The average molecular weight is 258 g/mol. The van der Waals surface area contributed by atoms with Crippen LogP contribution in [0.2, 0.25) is 0 Å². The molecule has 0 fully saturated rings. The summed E-state index contributed by atoms with van der Waals surface area (Å²) in [6.07, 6.45) is 2.68. The summed E-state index contributed by atoms with van der Waals surface area (Å²) in [6, 6.07) is 11.2. The van der Waals surface area contributed by atoms with Crippen LogP contribution in [0.25, 0.3) is 0 Å². The first-order valence-electron chi connectivity index (χ1n) is 6.38. The second-order valence-corrected chi connectivity index (χ2v) is 4.09. The quantitative estimate of drug-likeness (QED) is 0.864. The minimum absolute atomic E-state index is 0.404. The van der Waals surface area contributed by atoms with Crippen LogP contribution in [0.5, 0.6) is 17.4 Å². The molecule has 2 rings (SSSR count). The predicted octanol–water partition coefficient (Wildman–Crippen LogP) is 3.12. The molecule has 100 valence electrons. The van der Waals surface area contributed by atoms with Crippen LogP contribution in [-0.4, -0.2) is 11.6 Å². The first-order chi connectivity index (χ1) is 9.33. The highest BCUT2D eigenvalue weighted by atomic mass is 16.5. The van der Waals surface area contributed by atoms with Crippen LogP contribution in [0.15, 0.2) is 42.6 Å².